The Kier molecular flexibility index (Phi) is 6.01. The second kappa shape index (κ2) is 8.87. The molecule has 1 saturated carbocycles. The summed E-state index contributed by atoms with van der Waals surface area (Å²) in [6.45, 7) is 1.84. The number of nitrogens with zero attached hydrogens (tertiary/aromatic N) is 3. The molecule has 1 atom stereocenters. The molecule has 0 radical (unpaired) electrons. The van der Waals surface area contributed by atoms with E-state index in [1.807, 2.05) is 13.0 Å². The average Bonchev–Trinajstić information content (AvgIpc) is 3.25. The number of rotatable bonds is 6. The summed E-state index contributed by atoms with van der Waals surface area (Å²) in [6, 6.07) is 3.04. The summed E-state index contributed by atoms with van der Waals surface area (Å²) < 4.78 is 24.3. The lowest BCUT2D eigenvalue weighted by Gasteiger charge is -2.31. The molecule has 9 heteroatoms. The van der Waals surface area contributed by atoms with Crippen molar-refractivity contribution in [2.45, 2.75) is 51.2 Å². The van der Waals surface area contributed by atoms with Gasteiger partial charge in [-0.2, -0.15) is 10.1 Å². The van der Waals surface area contributed by atoms with Gasteiger partial charge in [-0.05, 0) is 44.7 Å². The number of esters is 1. The van der Waals surface area contributed by atoms with Crippen LogP contribution < -0.4 is 19.5 Å². The second-order valence-electron chi connectivity index (χ2n) is 7.68. The molecule has 2 aromatic rings. The lowest BCUT2D eigenvalue weighted by molar-refractivity contribution is -0.146. The number of nitrogens with one attached hydrogen (secondary N) is 1. The van der Waals surface area contributed by atoms with E-state index in [9.17, 15) is 4.79 Å². The lowest BCUT2D eigenvalue weighted by atomic mass is 9.93. The Morgan fingerprint density at radius 3 is 2.48 bits per heavy atom. The fourth-order valence-electron chi connectivity index (χ4n) is 4.38. The van der Waals surface area contributed by atoms with E-state index in [1.165, 1.54) is 12.7 Å². The van der Waals surface area contributed by atoms with Gasteiger partial charge in [-0.25, -0.2) is 9.48 Å². The highest BCUT2D eigenvalue weighted by molar-refractivity contribution is 5.93. The summed E-state index contributed by atoms with van der Waals surface area (Å²) in [4.78, 5) is 17.7. The Labute approximate surface area is 181 Å². The van der Waals surface area contributed by atoms with Crippen LogP contribution in [0.1, 0.15) is 50.6 Å². The van der Waals surface area contributed by atoms with E-state index in [-0.39, 0.29) is 12.1 Å². The summed E-state index contributed by atoms with van der Waals surface area (Å²) >= 11 is 0. The second-order valence-corrected chi connectivity index (χ2v) is 7.68. The largest absolute Gasteiger partial charge is 0.493 e. The van der Waals surface area contributed by atoms with Gasteiger partial charge in [0.05, 0.1) is 26.9 Å². The number of fused-ring (bicyclic) bond motifs is 1. The number of anilines is 1. The molecule has 0 amide bonds. The van der Waals surface area contributed by atoms with E-state index in [0.717, 1.165) is 25.7 Å². The van der Waals surface area contributed by atoms with Gasteiger partial charge in [0.2, 0.25) is 11.7 Å². The van der Waals surface area contributed by atoms with Gasteiger partial charge in [-0.1, -0.05) is 6.42 Å². The lowest BCUT2D eigenvalue weighted by Crippen LogP contribution is -2.32. The summed E-state index contributed by atoms with van der Waals surface area (Å²) in [6.07, 6.45) is 6.51. The van der Waals surface area contributed by atoms with E-state index < -0.39 is 6.04 Å². The Morgan fingerprint density at radius 2 is 1.81 bits per heavy atom. The third kappa shape index (κ3) is 3.80. The first-order valence-electron chi connectivity index (χ1n) is 10.5. The highest BCUT2D eigenvalue weighted by Gasteiger charge is 2.38. The smallest absolute Gasteiger partial charge is 0.338 e. The van der Waals surface area contributed by atoms with Gasteiger partial charge in [0.25, 0.3) is 0 Å². The predicted octanol–water partition coefficient (Wildman–Crippen LogP) is 3.47. The van der Waals surface area contributed by atoms with Gasteiger partial charge in [-0.15, -0.1) is 0 Å². The van der Waals surface area contributed by atoms with Crippen LogP contribution in [0.25, 0.3) is 0 Å². The molecular weight excluding hydrogens is 400 g/mol. The highest BCUT2D eigenvalue weighted by Crippen LogP contribution is 2.46. The van der Waals surface area contributed by atoms with Gasteiger partial charge in [-0.3, -0.25) is 0 Å². The monoisotopic (exact) mass is 428 g/mol. The predicted molar refractivity (Wildman–Crippen MR) is 114 cm³/mol. The third-order valence-corrected chi connectivity index (χ3v) is 5.87. The summed E-state index contributed by atoms with van der Waals surface area (Å²) in [5.41, 5.74) is 1.83. The minimum absolute atomic E-state index is 0.0633. The van der Waals surface area contributed by atoms with Crippen LogP contribution in [0.5, 0.6) is 17.2 Å². The first-order valence-corrected chi connectivity index (χ1v) is 10.5. The van der Waals surface area contributed by atoms with E-state index in [2.05, 4.69) is 15.4 Å². The molecule has 1 aliphatic carbocycles. The van der Waals surface area contributed by atoms with Crippen LogP contribution in [0.15, 0.2) is 29.7 Å². The third-order valence-electron chi connectivity index (χ3n) is 5.87. The Balaban J connectivity index is 1.81. The molecular formula is C22H28N4O5. The molecule has 2 aliphatic rings. The van der Waals surface area contributed by atoms with E-state index in [4.69, 9.17) is 18.9 Å². The molecule has 0 spiro atoms. The van der Waals surface area contributed by atoms with E-state index in [1.54, 1.807) is 32.1 Å². The summed E-state index contributed by atoms with van der Waals surface area (Å²) in [7, 11) is 4.67. The van der Waals surface area contributed by atoms with Gasteiger partial charge < -0.3 is 24.3 Å². The van der Waals surface area contributed by atoms with Crippen LogP contribution in [0.4, 0.5) is 5.95 Å². The molecule has 1 aromatic heterocycles. The maximum Gasteiger partial charge on any atom is 0.338 e. The van der Waals surface area contributed by atoms with Gasteiger partial charge in [0.15, 0.2) is 11.5 Å². The van der Waals surface area contributed by atoms with Crippen LogP contribution in [-0.2, 0) is 9.53 Å². The van der Waals surface area contributed by atoms with Crippen molar-refractivity contribution in [2.75, 3.05) is 26.6 Å². The maximum atomic E-state index is 13.4. The molecule has 166 valence electrons. The van der Waals surface area contributed by atoms with Crippen molar-refractivity contribution in [3.8, 4) is 17.2 Å². The van der Waals surface area contributed by atoms with E-state index in [0.29, 0.717) is 40.0 Å². The topological polar surface area (TPSA) is 96.7 Å². The van der Waals surface area contributed by atoms with Crippen LogP contribution >= 0.6 is 0 Å². The SMILES string of the molecule is COc1ccc([C@@H]2C(C(=O)OC3CCCCC3)=C(C)Nc3ncnn32)c(OC)c1OC. The minimum Gasteiger partial charge on any atom is -0.493 e. The maximum absolute atomic E-state index is 13.4. The molecule has 0 unspecified atom stereocenters. The fourth-order valence-corrected chi connectivity index (χ4v) is 4.38. The van der Waals surface area contributed by atoms with Crippen LogP contribution in [0.2, 0.25) is 0 Å². The molecule has 0 bridgehead atoms. The van der Waals surface area contributed by atoms with Crippen LogP contribution in [0.3, 0.4) is 0 Å². The summed E-state index contributed by atoms with van der Waals surface area (Å²) in [5.74, 6) is 1.61. The Morgan fingerprint density at radius 1 is 1.06 bits per heavy atom. The molecule has 2 heterocycles. The van der Waals surface area contributed by atoms with Gasteiger partial charge in [0.1, 0.15) is 18.5 Å². The molecule has 9 nitrogen and oxygen atoms in total. The number of allylic oxidation sites excluding steroid dienone is 1. The molecule has 1 aromatic carbocycles. The van der Waals surface area contributed by atoms with Crippen LogP contribution in [0, 0.1) is 0 Å². The fraction of sp³-hybridized carbons (Fsp3) is 0.500. The standard InChI is InChI=1S/C22H28N4O5/c1-13-17(21(27)31-14-8-6-5-7-9-14)18(26-22(25-13)23-12-24-26)15-10-11-16(28-2)20(30-4)19(15)29-3/h10-12,14,18H,5-9H2,1-4H3,(H,23,24,25)/t18-/m1/s1. The van der Waals surface area contributed by atoms with Crippen molar-refractivity contribution < 1.29 is 23.7 Å². The zero-order valence-electron chi connectivity index (χ0n) is 18.3. The number of methoxy groups -OCH3 is 3. The highest BCUT2D eigenvalue weighted by atomic mass is 16.5. The molecule has 1 aliphatic heterocycles. The minimum atomic E-state index is -0.593. The summed E-state index contributed by atoms with van der Waals surface area (Å²) in [5, 5.41) is 7.54. The van der Waals surface area contributed by atoms with E-state index >= 15 is 0 Å². The number of hydrogen-bond acceptors (Lipinski definition) is 8. The van der Waals surface area contributed by atoms with Crippen LogP contribution in [-0.4, -0.2) is 48.2 Å². The number of hydrogen-bond donors (Lipinski definition) is 1. The zero-order chi connectivity index (χ0) is 22.0. The Bertz CT molecular complexity index is 994. The van der Waals surface area contributed by atoms with Gasteiger partial charge >= 0.3 is 5.97 Å². The van der Waals surface area contributed by atoms with Gasteiger partial charge in [0, 0.05) is 11.3 Å². The molecule has 31 heavy (non-hydrogen) atoms. The molecule has 0 saturated heterocycles. The number of carbonyl (C=O) groups excluding carboxylic acids is 1. The van der Waals surface area contributed by atoms with Crippen molar-refractivity contribution >= 4 is 11.9 Å². The normalized spacial score (nSPS) is 18.8. The van der Waals surface area contributed by atoms with Crippen molar-refractivity contribution in [1.82, 2.24) is 14.8 Å². The molecule has 4 rings (SSSR count). The molecule has 1 fully saturated rings. The zero-order valence-corrected chi connectivity index (χ0v) is 18.3. The number of aromatic nitrogens is 3. The average molecular weight is 428 g/mol. The number of ether oxygens (including phenoxy) is 4. The first-order chi connectivity index (χ1) is 15.1. The Hall–Kier alpha value is -3.23. The quantitative estimate of drug-likeness (QED) is 0.699. The first kappa shape index (κ1) is 21.0. The molecule has 1 N–H and O–H groups in total. The van der Waals surface area contributed by atoms with Crippen molar-refractivity contribution in [1.29, 1.82) is 0 Å². The number of carbonyl (C=O) groups is 1. The van der Waals surface area contributed by atoms with Crippen molar-refractivity contribution in [2.24, 2.45) is 0 Å². The number of benzene rings is 1. The van der Waals surface area contributed by atoms with Crippen molar-refractivity contribution in [3.05, 3.63) is 35.3 Å². The van der Waals surface area contributed by atoms with Crippen molar-refractivity contribution in [3.63, 3.8) is 0 Å².